The van der Waals surface area contributed by atoms with E-state index in [2.05, 4.69) is 9.80 Å². The van der Waals surface area contributed by atoms with Crippen LogP contribution in [-0.4, -0.2) is 66.9 Å². The number of anilines is 2. The molecule has 3 aliphatic heterocycles. The molecule has 2 saturated heterocycles. The van der Waals surface area contributed by atoms with Crippen LogP contribution in [0.2, 0.25) is 0 Å². The van der Waals surface area contributed by atoms with Gasteiger partial charge in [0.05, 0.1) is 25.5 Å². The summed E-state index contributed by atoms with van der Waals surface area (Å²) >= 11 is 0. The van der Waals surface area contributed by atoms with Crippen molar-refractivity contribution in [2.75, 3.05) is 55.7 Å². The molecule has 8 nitrogen and oxygen atoms in total. The van der Waals surface area contributed by atoms with E-state index >= 15 is 0 Å². The number of carbonyl (C=O) groups excluding carboxylic acids is 1. The lowest BCUT2D eigenvalue weighted by molar-refractivity contribution is 0.0916. The SMILES string of the molecule is O=C(OCc1ccccc1)N1CCc2nc(N3CCOCC3)nc(N3CCCC3)c2C1. The van der Waals surface area contributed by atoms with Gasteiger partial charge in [-0.15, -0.1) is 0 Å². The Balaban J connectivity index is 1.35. The summed E-state index contributed by atoms with van der Waals surface area (Å²) in [5.74, 6) is 1.79. The van der Waals surface area contributed by atoms with Gasteiger partial charge in [-0.05, 0) is 18.4 Å². The Kier molecular flexibility index (Phi) is 5.88. The summed E-state index contributed by atoms with van der Waals surface area (Å²) < 4.78 is 11.1. The summed E-state index contributed by atoms with van der Waals surface area (Å²) in [6, 6.07) is 9.78. The average Bonchev–Trinajstić information content (AvgIpc) is 3.37. The lowest BCUT2D eigenvalue weighted by Crippen LogP contribution is -2.40. The van der Waals surface area contributed by atoms with Crippen LogP contribution >= 0.6 is 0 Å². The first-order chi connectivity index (χ1) is 15.3. The first-order valence-corrected chi connectivity index (χ1v) is 11.2. The van der Waals surface area contributed by atoms with Gasteiger partial charge in [0.2, 0.25) is 5.95 Å². The zero-order valence-electron chi connectivity index (χ0n) is 17.8. The number of carbonyl (C=O) groups is 1. The quantitative estimate of drug-likeness (QED) is 0.749. The largest absolute Gasteiger partial charge is 0.445 e. The van der Waals surface area contributed by atoms with Crippen LogP contribution < -0.4 is 9.80 Å². The molecule has 5 rings (SSSR count). The van der Waals surface area contributed by atoms with E-state index in [0.29, 0.717) is 26.3 Å². The standard InChI is InChI=1S/C23H29N5O3/c29-23(31-17-18-6-2-1-3-7-18)28-11-8-20-19(16-28)21(26-9-4-5-10-26)25-22(24-20)27-12-14-30-15-13-27/h1-3,6-7H,4-5,8-17H2. The molecule has 0 aliphatic carbocycles. The molecular formula is C23H29N5O3. The number of morpholine rings is 1. The molecule has 31 heavy (non-hydrogen) atoms. The predicted octanol–water partition coefficient (Wildman–Crippen LogP) is 2.61. The molecule has 0 bridgehead atoms. The summed E-state index contributed by atoms with van der Waals surface area (Å²) in [4.78, 5) is 29.0. The summed E-state index contributed by atoms with van der Waals surface area (Å²) in [7, 11) is 0. The maximum absolute atomic E-state index is 12.8. The number of hydrogen-bond donors (Lipinski definition) is 0. The van der Waals surface area contributed by atoms with Crippen molar-refractivity contribution in [1.29, 1.82) is 0 Å². The number of nitrogens with zero attached hydrogens (tertiary/aromatic N) is 5. The maximum Gasteiger partial charge on any atom is 0.410 e. The van der Waals surface area contributed by atoms with Gasteiger partial charge in [0, 0.05) is 44.7 Å². The predicted molar refractivity (Wildman–Crippen MR) is 117 cm³/mol. The molecule has 4 heterocycles. The van der Waals surface area contributed by atoms with E-state index in [-0.39, 0.29) is 12.7 Å². The topological polar surface area (TPSA) is 71.0 Å². The first-order valence-electron chi connectivity index (χ1n) is 11.2. The van der Waals surface area contributed by atoms with Crippen LogP contribution in [0.4, 0.5) is 16.6 Å². The molecule has 0 radical (unpaired) electrons. The highest BCUT2D eigenvalue weighted by Gasteiger charge is 2.30. The fourth-order valence-electron chi connectivity index (χ4n) is 4.45. The third-order valence-electron chi connectivity index (χ3n) is 6.19. The van der Waals surface area contributed by atoms with Gasteiger partial charge in [-0.3, -0.25) is 0 Å². The van der Waals surface area contributed by atoms with Crippen LogP contribution in [0.15, 0.2) is 30.3 Å². The van der Waals surface area contributed by atoms with Crippen molar-refractivity contribution in [2.45, 2.75) is 32.4 Å². The van der Waals surface area contributed by atoms with Gasteiger partial charge in [-0.2, -0.15) is 4.98 Å². The summed E-state index contributed by atoms with van der Waals surface area (Å²) in [6.07, 6.45) is 2.79. The number of rotatable bonds is 4. The van der Waals surface area contributed by atoms with Crippen molar-refractivity contribution in [2.24, 2.45) is 0 Å². The molecule has 3 aliphatic rings. The van der Waals surface area contributed by atoms with Crippen molar-refractivity contribution in [3.8, 4) is 0 Å². The van der Waals surface area contributed by atoms with Gasteiger partial charge >= 0.3 is 6.09 Å². The summed E-state index contributed by atoms with van der Waals surface area (Å²) in [6.45, 7) is 6.45. The number of ether oxygens (including phenoxy) is 2. The van der Waals surface area contributed by atoms with Crippen molar-refractivity contribution in [3.63, 3.8) is 0 Å². The number of fused-ring (bicyclic) bond motifs is 1. The van der Waals surface area contributed by atoms with Gasteiger partial charge in [0.1, 0.15) is 12.4 Å². The molecule has 1 aromatic carbocycles. The third kappa shape index (κ3) is 4.44. The minimum Gasteiger partial charge on any atom is -0.445 e. The van der Waals surface area contributed by atoms with Gasteiger partial charge < -0.3 is 24.2 Å². The van der Waals surface area contributed by atoms with E-state index in [4.69, 9.17) is 19.4 Å². The summed E-state index contributed by atoms with van der Waals surface area (Å²) in [5, 5.41) is 0. The van der Waals surface area contributed by atoms with Gasteiger partial charge in [-0.1, -0.05) is 30.3 Å². The van der Waals surface area contributed by atoms with E-state index in [9.17, 15) is 4.79 Å². The van der Waals surface area contributed by atoms with Crippen LogP contribution in [0, 0.1) is 0 Å². The van der Waals surface area contributed by atoms with E-state index in [0.717, 1.165) is 61.2 Å². The average molecular weight is 424 g/mol. The molecule has 0 unspecified atom stereocenters. The lowest BCUT2D eigenvalue weighted by Gasteiger charge is -2.33. The normalized spacial score (nSPS) is 18.8. The zero-order chi connectivity index (χ0) is 21.0. The van der Waals surface area contributed by atoms with Crippen molar-refractivity contribution in [3.05, 3.63) is 47.2 Å². The fraction of sp³-hybridized carbons (Fsp3) is 0.522. The number of benzene rings is 1. The van der Waals surface area contributed by atoms with Crippen molar-refractivity contribution >= 4 is 17.9 Å². The summed E-state index contributed by atoms with van der Waals surface area (Å²) in [5.41, 5.74) is 3.12. The monoisotopic (exact) mass is 423 g/mol. The molecule has 164 valence electrons. The highest BCUT2D eigenvalue weighted by molar-refractivity contribution is 5.69. The Hall–Kier alpha value is -2.87. The first kappa shape index (κ1) is 20.1. The van der Waals surface area contributed by atoms with Crippen LogP contribution in [0.5, 0.6) is 0 Å². The minimum absolute atomic E-state index is 0.279. The second-order valence-corrected chi connectivity index (χ2v) is 8.28. The molecular weight excluding hydrogens is 394 g/mol. The lowest BCUT2D eigenvalue weighted by atomic mass is 10.1. The number of hydrogen-bond acceptors (Lipinski definition) is 7. The molecule has 1 amide bonds. The van der Waals surface area contributed by atoms with Crippen LogP contribution in [0.3, 0.4) is 0 Å². The molecule has 0 saturated carbocycles. The smallest absolute Gasteiger partial charge is 0.410 e. The number of aromatic nitrogens is 2. The fourth-order valence-corrected chi connectivity index (χ4v) is 4.45. The molecule has 0 spiro atoms. The van der Waals surface area contributed by atoms with Crippen LogP contribution in [0.25, 0.3) is 0 Å². The highest BCUT2D eigenvalue weighted by atomic mass is 16.6. The Morgan fingerprint density at radius 3 is 2.52 bits per heavy atom. The van der Waals surface area contributed by atoms with Gasteiger partial charge in [0.15, 0.2) is 0 Å². The Morgan fingerprint density at radius 1 is 0.968 bits per heavy atom. The molecule has 1 aromatic heterocycles. The third-order valence-corrected chi connectivity index (χ3v) is 6.19. The second-order valence-electron chi connectivity index (χ2n) is 8.28. The van der Waals surface area contributed by atoms with E-state index in [1.807, 2.05) is 30.3 Å². The van der Waals surface area contributed by atoms with Gasteiger partial charge in [-0.25, -0.2) is 9.78 Å². The van der Waals surface area contributed by atoms with E-state index < -0.39 is 0 Å². The number of amides is 1. The Bertz CT molecular complexity index is 911. The molecule has 2 fully saturated rings. The molecule has 8 heteroatoms. The van der Waals surface area contributed by atoms with Crippen LogP contribution in [0.1, 0.15) is 29.7 Å². The van der Waals surface area contributed by atoms with Crippen molar-refractivity contribution in [1.82, 2.24) is 14.9 Å². The minimum atomic E-state index is -0.279. The van der Waals surface area contributed by atoms with E-state index in [1.54, 1.807) is 4.90 Å². The van der Waals surface area contributed by atoms with Crippen LogP contribution in [-0.2, 0) is 29.0 Å². The zero-order valence-corrected chi connectivity index (χ0v) is 17.8. The highest BCUT2D eigenvalue weighted by Crippen LogP contribution is 2.31. The molecule has 0 N–H and O–H groups in total. The van der Waals surface area contributed by atoms with Crippen molar-refractivity contribution < 1.29 is 14.3 Å². The maximum atomic E-state index is 12.8. The van der Waals surface area contributed by atoms with E-state index in [1.165, 1.54) is 12.8 Å². The second kappa shape index (κ2) is 9.09. The Labute approximate surface area is 182 Å². The molecule has 0 atom stereocenters. The Morgan fingerprint density at radius 2 is 1.74 bits per heavy atom. The molecule has 2 aromatic rings. The van der Waals surface area contributed by atoms with Gasteiger partial charge in [0.25, 0.3) is 0 Å².